The molecule has 88 valence electrons. The van der Waals surface area contributed by atoms with Gasteiger partial charge in [0.15, 0.2) is 0 Å². The zero-order valence-electron chi connectivity index (χ0n) is 10.3. The average Bonchev–Trinajstić information content (AvgIpc) is 2.16. The number of unbranched alkanes of at least 4 members (excludes halogenated alkanes) is 4. The summed E-state index contributed by atoms with van der Waals surface area (Å²) >= 11 is 0. The molecule has 1 fully saturated rings. The fourth-order valence-corrected chi connectivity index (χ4v) is 2.44. The first-order chi connectivity index (χ1) is 7.22. The van der Waals surface area contributed by atoms with Gasteiger partial charge in [-0.2, -0.15) is 0 Å². The highest BCUT2D eigenvalue weighted by Crippen LogP contribution is 2.32. The minimum absolute atomic E-state index is 0.196. The van der Waals surface area contributed by atoms with Crippen LogP contribution in [0.3, 0.4) is 0 Å². The van der Waals surface area contributed by atoms with E-state index in [0.717, 1.165) is 6.42 Å². The summed E-state index contributed by atoms with van der Waals surface area (Å²) in [4.78, 5) is 11.1. The average molecular weight is 211 g/mol. The van der Waals surface area contributed by atoms with Crippen molar-refractivity contribution in [2.45, 2.75) is 77.2 Å². The van der Waals surface area contributed by atoms with Crippen LogP contribution in [0.4, 0.5) is 0 Å². The van der Waals surface area contributed by atoms with Crippen molar-refractivity contribution in [1.29, 1.82) is 0 Å². The van der Waals surface area contributed by atoms with Gasteiger partial charge in [-0.25, -0.2) is 0 Å². The molecular formula is C13H25NO. The molecule has 0 aromatic rings. The molecule has 0 atom stereocenters. The zero-order valence-corrected chi connectivity index (χ0v) is 10.3. The lowest BCUT2D eigenvalue weighted by Crippen LogP contribution is -2.60. The van der Waals surface area contributed by atoms with E-state index in [4.69, 9.17) is 0 Å². The number of nitrogens with one attached hydrogen (secondary N) is 1. The monoisotopic (exact) mass is 211 g/mol. The summed E-state index contributed by atoms with van der Waals surface area (Å²) in [6.45, 7) is 4.45. The lowest BCUT2D eigenvalue weighted by atomic mass is 9.78. The van der Waals surface area contributed by atoms with E-state index in [2.05, 4.69) is 19.2 Å². The van der Waals surface area contributed by atoms with Crippen LogP contribution in [0, 0.1) is 0 Å². The summed E-state index contributed by atoms with van der Waals surface area (Å²) in [6.07, 6.45) is 10.8. The van der Waals surface area contributed by atoms with Gasteiger partial charge in [0.25, 0.3) is 0 Å². The Balaban J connectivity index is 2.24. The Morgan fingerprint density at radius 2 is 1.53 bits per heavy atom. The van der Waals surface area contributed by atoms with E-state index in [1.165, 1.54) is 51.4 Å². The van der Waals surface area contributed by atoms with Gasteiger partial charge in [0, 0.05) is 12.0 Å². The molecule has 0 saturated carbocycles. The normalized spacial score (nSPS) is 18.4. The lowest BCUT2D eigenvalue weighted by Gasteiger charge is -2.43. The fourth-order valence-electron chi connectivity index (χ4n) is 2.44. The van der Waals surface area contributed by atoms with Crippen molar-refractivity contribution in [2.24, 2.45) is 0 Å². The smallest absolute Gasteiger partial charge is 0.222 e. The van der Waals surface area contributed by atoms with Crippen molar-refractivity contribution in [3.05, 3.63) is 0 Å². The maximum atomic E-state index is 11.1. The Morgan fingerprint density at radius 1 is 1.07 bits per heavy atom. The van der Waals surface area contributed by atoms with E-state index >= 15 is 0 Å². The molecule has 1 N–H and O–H groups in total. The van der Waals surface area contributed by atoms with Gasteiger partial charge in [0.05, 0.1) is 0 Å². The molecule has 1 rings (SSSR count). The second-order valence-electron chi connectivity index (χ2n) is 4.92. The number of hydrogen-bond acceptors (Lipinski definition) is 1. The molecule has 2 nitrogen and oxygen atoms in total. The predicted octanol–water partition coefficient (Wildman–Crippen LogP) is 3.41. The SMILES string of the molecule is CCCCCC1(CCCCC)CC(=O)N1. The molecule has 0 bridgehead atoms. The van der Waals surface area contributed by atoms with Crippen LogP contribution in [0.2, 0.25) is 0 Å². The van der Waals surface area contributed by atoms with Crippen LogP contribution in [-0.2, 0) is 4.79 Å². The molecule has 1 aliphatic rings. The molecule has 0 aliphatic carbocycles. The minimum Gasteiger partial charge on any atom is -0.350 e. The van der Waals surface area contributed by atoms with Gasteiger partial charge >= 0.3 is 0 Å². The Labute approximate surface area is 93.8 Å². The Kier molecular flexibility index (Phi) is 5.13. The third kappa shape index (κ3) is 3.84. The number of β-lactam (4-membered cyclic amide) rings is 1. The first-order valence-electron chi connectivity index (χ1n) is 6.53. The van der Waals surface area contributed by atoms with Gasteiger partial charge in [-0.05, 0) is 12.8 Å². The van der Waals surface area contributed by atoms with Crippen LogP contribution < -0.4 is 5.32 Å². The minimum atomic E-state index is 0.196. The Bertz CT molecular complexity index is 181. The van der Waals surface area contributed by atoms with Crippen LogP contribution in [0.15, 0.2) is 0 Å². The van der Waals surface area contributed by atoms with Gasteiger partial charge in [0.1, 0.15) is 0 Å². The van der Waals surface area contributed by atoms with Crippen molar-refractivity contribution in [2.75, 3.05) is 0 Å². The summed E-state index contributed by atoms with van der Waals surface area (Å²) in [5.74, 6) is 0.253. The zero-order chi connectivity index (χ0) is 11.1. The van der Waals surface area contributed by atoms with E-state index in [0.29, 0.717) is 0 Å². The number of carbonyl (C=O) groups excluding carboxylic acids is 1. The summed E-state index contributed by atoms with van der Waals surface area (Å²) in [6, 6.07) is 0. The second-order valence-corrected chi connectivity index (χ2v) is 4.92. The summed E-state index contributed by atoms with van der Waals surface area (Å²) in [5, 5.41) is 3.14. The van der Waals surface area contributed by atoms with Crippen LogP contribution in [-0.4, -0.2) is 11.4 Å². The standard InChI is InChI=1S/C13H25NO/c1-3-5-7-9-13(10-8-6-4-2)11-12(15)14-13/h3-11H2,1-2H3,(H,14,15). The molecule has 0 unspecified atom stereocenters. The molecular weight excluding hydrogens is 186 g/mol. The van der Waals surface area contributed by atoms with E-state index in [1.54, 1.807) is 0 Å². The fraction of sp³-hybridized carbons (Fsp3) is 0.923. The quantitative estimate of drug-likeness (QED) is 0.484. The van der Waals surface area contributed by atoms with Crippen molar-refractivity contribution in [1.82, 2.24) is 5.32 Å². The van der Waals surface area contributed by atoms with Crippen LogP contribution in [0.1, 0.15) is 71.6 Å². The van der Waals surface area contributed by atoms with Crippen LogP contribution in [0.5, 0.6) is 0 Å². The molecule has 1 aliphatic heterocycles. The number of carbonyl (C=O) groups is 1. The van der Waals surface area contributed by atoms with Gasteiger partial charge in [-0.3, -0.25) is 4.79 Å². The number of rotatable bonds is 8. The van der Waals surface area contributed by atoms with Gasteiger partial charge in [-0.1, -0.05) is 52.4 Å². The van der Waals surface area contributed by atoms with Gasteiger partial charge in [0.2, 0.25) is 5.91 Å². The highest BCUT2D eigenvalue weighted by molar-refractivity contribution is 5.84. The van der Waals surface area contributed by atoms with E-state index in [9.17, 15) is 4.79 Å². The maximum Gasteiger partial charge on any atom is 0.222 e. The molecule has 0 spiro atoms. The maximum absolute atomic E-state index is 11.1. The molecule has 1 saturated heterocycles. The number of hydrogen-bond donors (Lipinski definition) is 1. The molecule has 1 amide bonds. The first-order valence-corrected chi connectivity index (χ1v) is 6.53. The highest BCUT2D eigenvalue weighted by Gasteiger charge is 2.41. The summed E-state index contributed by atoms with van der Waals surface area (Å²) in [7, 11) is 0. The van der Waals surface area contributed by atoms with E-state index in [1.807, 2.05) is 0 Å². The summed E-state index contributed by atoms with van der Waals surface area (Å²) < 4.78 is 0. The first kappa shape index (κ1) is 12.5. The Morgan fingerprint density at radius 3 is 1.87 bits per heavy atom. The van der Waals surface area contributed by atoms with Crippen molar-refractivity contribution < 1.29 is 4.79 Å². The molecule has 2 heteroatoms. The van der Waals surface area contributed by atoms with E-state index in [-0.39, 0.29) is 11.4 Å². The van der Waals surface area contributed by atoms with Crippen molar-refractivity contribution in [3.8, 4) is 0 Å². The third-order valence-electron chi connectivity index (χ3n) is 3.42. The molecule has 0 radical (unpaired) electrons. The van der Waals surface area contributed by atoms with E-state index < -0.39 is 0 Å². The number of amides is 1. The second kappa shape index (κ2) is 6.14. The van der Waals surface area contributed by atoms with Gasteiger partial charge in [-0.15, -0.1) is 0 Å². The largest absolute Gasteiger partial charge is 0.350 e. The molecule has 15 heavy (non-hydrogen) atoms. The van der Waals surface area contributed by atoms with Crippen LogP contribution in [0.25, 0.3) is 0 Å². The van der Waals surface area contributed by atoms with Crippen molar-refractivity contribution >= 4 is 5.91 Å². The topological polar surface area (TPSA) is 29.1 Å². The summed E-state index contributed by atoms with van der Waals surface area (Å²) in [5.41, 5.74) is 0.196. The van der Waals surface area contributed by atoms with Crippen molar-refractivity contribution in [3.63, 3.8) is 0 Å². The predicted molar refractivity (Wildman–Crippen MR) is 63.8 cm³/mol. The molecule has 0 aromatic carbocycles. The lowest BCUT2D eigenvalue weighted by molar-refractivity contribution is -0.133. The van der Waals surface area contributed by atoms with Crippen LogP contribution >= 0.6 is 0 Å². The molecule has 1 heterocycles. The molecule has 0 aromatic heterocycles. The van der Waals surface area contributed by atoms with Gasteiger partial charge < -0.3 is 5.32 Å². The third-order valence-corrected chi connectivity index (χ3v) is 3.42. The Hall–Kier alpha value is -0.530. The highest BCUT2D eigenvalue weighted by atomic mass is 16.2.